The van der Waals surface area contributed by atoms with Crippen LogP contribution in [-0.2, 0) is 19.1 Å². The predicted octanol–water partition coefficient (Wildman–Crippen LogP) is 5.01. The van der Waals surface area contributed by atoms with Crippen molar-refractivity contribution in [3.05, 3.63) is 78.8 Å². The first-order valence-corrected chi connectivity index (χ1v) is 9.54. The number of benzene rings is 2. The Morgan fingerprint density at radius 1 is 0.600 bits per heavy atom. The third-order valence-electron chi connectivity index (χ3n) is 3.85. The zero-order valence-electron chi connectivity index (χ0n) is 15.4. The van der Waals surface area contributed by atoms with E-state index >= 15 is 0 Å². The number of ether oxygens (including phenoxy) is 2. The van der Waals surface area contributed by atoms with Crippen LogP contribution in [0.25, 0.3) is 0 Å². The lowest BCUT2D eigenvalue weighted by atomic mass is 9.93. The van der Waals surface area contributed by atoms with Crippen molar-refractivity contribution in [1.82, 2.24) is 0 Å². The van der Waals surface area contributed by atoms with Gasteiger partial charge in [-0.25, -0.2) is 9.59 Å². The van der Waals surface area contributed by atoms with E-state index < -0.39 is 34.7 Å². The maximum atomic E-state index is 13.1. The Kier molecular flexibility index (Phi) is 8.03. The molecule has 0 saturated carbocycles. The van der Waals surface area contributed by atoms with Crippen molar-refractivity contribution in [2.45, 2.75) is 0 Å². The van der Waals surface area contributed by atoms with Gasteiger partial charge in [-0.15, -0.1) is 0 Å². The van der Waals surface area contributed by atoms with Crippen molar-refractivity contribution in [1.29, 1.82) is 0 Å². The van der Waals surface area contributed by atoms with Crippen molar-refractivity contribution in [2.75, 3.05) is 14.2 Å². The molecule has 0 aliphatic carbocycles. The topological polar surface area (TPSA) is 86.7 Å². The highest BCUT2D eigenvalue weighted by Crippen LogP contribution is 2.28. The van der Waals surface area contributed by atoms with E-state index in [4.69, 9.17) is 46.4 Å². The number of carbonyl (C=O) groups excluding carboxylic acids is 4. The summed E-state index contributed by atoms with van der Waals surface area (Å²) in [7, 11) is 1.98. The second kappa shape index (κ2) is 10.1. The van der Waals surface area contributed by atoms with Crippen LogP contribution in [0.1, 0.15) is 20.7 Å². The Hall–Kier alpha value is -2.38. The van der Waals surface area contributed by atoms with Crippen LogP contribution in [-0.4, -0.2) is 37.7 Å². The Morgan fingerprint density at radius 3 is 1.20 bits per heavy atom. The monoisotopic (exact) mass is 488 g/mol. The molecule has 0 saturated heterocycles. The molecule has 0 spiro atoms. The molecule has 0 heterocycles. The average Bonchev–Trinajstić information content (AvgIpc) is 2.73. The molecule has 2 aromatic rings. The molecule has 0 atom stereocenters. The summed E-state index contributed by atoms with van der Waals surface area (Å²) in [5, 5.41) is 0.387. The Labute approximate surface area is 191 Å². The van der Waals surface area contributed by atoms with Gasteiger partial charge in [-0.1, -0.05) is 46.4 Å². The Balaban J connectivity index is 2.77. The summed E-state index contributed by atoms with van der Waals surface area (Å²) in [5.41, 5.74) is -1.88. The van der Waals surface area contributed by atoms with E-state index in [0.717, 1.165) is 14.2 Å². The quantitative estimate of drug-likeness (QED) is 0.186. The van der Waals surface area contributed by atoms with E-state index in [1.807, 2.05) is 0 Å². The van der Waals surface area contributed by atoms with Crippen LogP contribution in [0.4, 0.5) is 0 Å². The van der Waals surface area contributed by atoms with Crippen LogP contribution >= 0.6 is 46.4 Å². The molecule has 0 aliphatic heterocycles. The van der Waals surface area contributed by atoms with Crippen LogP contribution in [0.2, 0.25) is 20.1 Å². The standard InChI is InChI=1S/C20H12Cl4O6/c1-29-19(27)15(17(25)9-3-5-11(21)13(23)7-9)16(20(28)30-2)18(26)10-4-6-12(22)14(24)8-10/h3-8H,1-2H3/b16-15-. The van der Waals surface area contributed by atoms with E-state index in [-0.39, 0.29) is 31.2 Å². The first-order valence-electron chi connectivity index (χ1n) is 8.02. The van der Waals surface area contributed by atoms with E-state index in [2.05, 4.69) is 9.47 Å². The van der Waals surface area contributed by atoms with Crippen LogP contribution in [0, 0.1) is 0 Å². The van der Waals surface area contributed by atoms with Gasteiger partial charge in [0, 0.05) is 11.1 Å². The summed E-state index contributed by atoms with van der Waals surface area (Å²) < 4.78 is 9.26. The number of hydrogen-bond acceptors (Lipinski definition) is 6. The number of esters is 2. The number of Topliss-reactive ketones (excluding diaryl/α,β-unsaturated/α-hetero) is 2. The van der Waals surface area contributed by atoms with Gasteiger partial charge in [0.05, 0.1) is 34.3 Å². The number of hydrogen-bond donors (Lipinski definition) is 0. The smallest absolute Gasteiger partial charge is 0.342 e. The summed E-state index contributed by atoms with van der Waals surface area (Å²) >= 11 is 23.6. The maximum absolute atomic E-state index is 13.1. The van der Waals surface area contributed by atoms with Gasteiger partial charge < -0.3 is 9.47 Å². The van der Waals surface area contributed by atoms with Crippen molar-refractivity contribution in [2.24, 2.45) is 0 Å². The summed E-state index contributed by atoms with van der Waals surface area (Å²) in [6.45, 7) is 0. The minimum absolute atomic E-state index is 0.0298. The zero-order valence-corrected chi connectivity index (χ0v) is 18.4. The molecule has 0 unspecified atom stereocenters. The van der Waals surface area contributed by atoms with Gasteiger partial charge in [0.15, 0.2) is 0 Å². The Bertz CT molecular complexity index is 1010. The molecular weight excluding hydrogens is 478 g/mol. The lowest BCUT2D eigenvalue weighted by Crippen LogP contribution is -2.26. The van der Waals surface area contributed by atoms with Gasteiger partial charge in [0.25, 0.3) is 0 Å². The molecule has 2 aromatic carbocycles. The molecule has 6 nitrogen and oxygen atoms in total. The number of halogens is 4. The molecule has 10 heteroatoms. The summed E-state index contributed by atoms with van der Waals surface area (Å²) in [6.07, 6.45) is 0. The Morgan fingerprint density at radius 2 is 0.933 bits per heavy atom. The van der Waals surface area contributed by atoms with Gasteiger partial charge in [-0.3, -0.25) is 9.59 Å². The second-order valence-electron chi connectivity index (χ2n) is 5.65. The first kappa shape index (κ1) is 23.9. The van der Waals surface area contributed by atoms with E-state index in [1.165, 1.54) is 36.4 Å². The molecule has 0 N–H and O–H groups in total. The van der Waals surface area contributed by atoms with Gasteiger partial charge in [0.2, 0.25) is 11.6 Å². The molecular formula is C20H12Cl4O6. The van der Waals surface area contributed by atoms with Crippen LogP contribution in [0.3, 0.4) is 0 Å². The number of carbonyl (C=O) groups is 4. The molecule has 30 heavy (non-hydrogen) atoms. The number of methoxy groups -OCH3 is 2. The average molecular weight is 490 g/mol. The number of rotatable bonds is 6. The number of ketones is 2. The summed E-state index contributed by atoms with van der Waals surface area (Å²) in [6, 6.07) is 7.58. The molecule has 156 valence electrons. The summed E-state index contributed by atoms with van der Waals surface area (Å²) in [4.78, 5) is 51.0. The normalized spacial score (nSPS) is 11.4. The highest BCUT2D eigenvalue weighted by molar-refractivity contribution is 6.43. The summed E-state index contributed by atoms with van der Waals surface area (Å²) in [5.74, 6) is -4.43. The molecule has 0 amide bonds. The highest BCUT2D eigenvalue weighted by atomic mass is 35.5. The zero-order chi connectivity index (χ0) is 22.6. The largest absolute Gasteiger partial charge is 0.465 e. The van der Waals surface area contributed by atoms with Crippen molar-refractivity contribution in [3.8, 4) is 0 Å². The lowest BCUT2D eigenvalue weighted by Gasteiger charge is -2.12. The van der Waals surface area contributed by atoms with Crippen LogP contribution in [0.5, 0.6) is 0 Å². The van der Waals surface area contributed by atoms with Crippen molar-refractivity contribution >= 4 is 69.9 Å². The highest BCUT2D eigenvalue weighted by Gasteiger charge is 2.34. The van der Waals surface area contributed by atoms with Gasteiger partial charge in [-0.05, 0) is 36.4 Å². The van der Waals surface area contributed by atoms with E-state index in [0.29, 0.717) is 0 Å². The molecule has 2 rings (SSSR count). The lowest BCUT2D eigenvalue weighted by molar-refractivity contribution is -0.138. The molecule has 0 fully saturated rings. The fourth-order valence-electron chi connectivity index (χ4n) is 2.38. The molecule has 0 aromatic heterocycles. The third kappa shape index (κ3) is 5.02. The van der Waals surface area contributed by atoms with Crippen LogP contribution < -0.4 is 0 Å². The van der Waals surface area contributed by atoms with Gasteiger partial charge >= 0.3 is 11.9 Å². The SMILES string of the molecule is COC(=O)/C(C(=O)c1ccc(Cl)c(Cl)c1)=C(\C(=O)OC)C(=O)c1ccc(Cl)c(Cl)c1. The minimum atomic E-state index is -1.22. The van der Waals surface area contributed by atoms with Gasteiger partial charge in [0.1, 0.15) is 11.1 Å². The molecule has 0 aliphatic rings. The predicted molar refractivity (Wildman–Crippen MR) is 113 cm³/mol. The molecule has 0 radical (unpaired) electrons. The minimum Gasteiger partial charge on any atom is -0.465 e. The fraction of sp³-hybridized carbons (Fsp3) is 0.100. The second-order valence-corrected chi connectivity index (χ2v) is 7.28. The first-order chi connectivity index (χ1) is 14.1. The maximum Gasteiger partial charge on any atom is 0.342 e. The van der Waals surface area contributed by atoms with E-state index in [1.54, 1.807) is 0 Å². The fourth-order valence-corrected chi connectivity index (χ4v) is 2.98. The van der Waals surface area contributed by atoms with Crippen LogP contribution in [0.15, 0.2) is 47.5 Å². The molecule has 0 bridgehead atoms. The van der Waals surface area contributed by atoms with Crippen molar-refractivity contribution < 1.29 is 28.7 Å². The van der Waals surface area contributed by atoms with Gasteiger partial charge in [-0.2, -0.15) is 0 Å². The third-order valence-corrected chi connectivity index (χ3v) is 5.32. The van der Waals surface area contributed by atoms with Crippen molar-refractivity contribution in [3.63, 3.8) is 0 Å². The van der Waals surface area contributed by atoms with E-state index in [9.17, 15) is 19.2 Å².